The van der Waals surface area contributed by atoms with Gasteiger partial charge in [-0.05, 0) is 57.6 Å². The molecule has 0 radical (unpaired) electrons. The van der Waals surface area contributed by atoms with Crippen molar-refractivity contribution in [1.82, 2.24) is 25.5 Å². The average molecular weight is 479 g/mol. The molecule has 3 heterocycles. The Morgan fingerprint density at radius 3 is 2.46 bits per heavy atom. The third-order valence-corrected chi connectivity index (χ3v) is 6.89. The molecule has 0 bridgehead atoms. The normalized spacial score (nSPS) is 20.8. The molecule has 188 valence electrons. The molecule has 1 unspecified atom stereocenters. The number of benzene rings is 1. The van der Waals surface area contributed by atoms with Gasteiger partial charge in [-0.1, -0.05) is 30.3 Å². The lowest BCUT2D eigenvalue weighted by Crippen LogP contribution is -2.36. The first-order chi connectivity index (χ1) is 17.1. The van der Waals surface area contributed by atoms with E-state index in [1.807, 2.05) is 30.0 Å². The van der Waals surface area contributed by atoms with Crippen LogP contribution in [0, 0.1) is 6.92 Å². The molecule has 2 saturated heterocycles. The van der Waals surface area contributed by atoms with Crippen LogP contribution in [0.2, 0.25) is 0 Å². The fraction of sp³-hybridized carbons (Fsp3) is 0.556. The topological polar surface area (TPSA) is 90.5 Å². The van der Waals surface area contributed by atoms with Gasteiger partial charge in [0.05, 0.1) is 11.3 Å². The maximum Gasteiger partial charge on any atom is 0.257 e. The van der Waals surface area contributed by atoms with Crippen LogP contribution in [0.5, 0.6) is 0 Å². The van der Waals surface area contributed by atoms with Crippen LogP contribution < -0.4 is 15.5 Å². The van der Waals surface area contributed by atoms with Crippen LogP contribution >= 0.6 is 0 Å². The first-order valence-corrected chi connectivity index (χ1v) is 13.0. The van der Waals surface area contributed by atoms with Crippen LogP contribution in [0.3, 0.4) is 0 Å². The Balaban J connectivity index is 1.39. The highest BCUT2D eigenvalue weighted by molar-refractivity contribution is 5.95. The molecule has 0 saturated carbocycles. The summed E-state index contributed by atoms with van der Waals surface area (Å²) < 4.78 is 0. The first kappa shape index (κ1) is 25.1. The lowest BCUT2D eigenvalue weighted by atomic mass is 10.0. The Morgan fingerprint density at radius 1 is 0.943 bits per heavy atom. The van der Waals surface area contributed by atoms with Crippen molar-refractivity contribution in [3.8, 4) is 0 Å². The number of piperidine rings is 1. The Bertz CT molecular complexity index is 977. The summed E-state index contributed by atoms with van der Waals surface area (Å²) in [7, 11) is 0. The molecule has 35 heavy (non-hydrogen) atoms. The van der Waals surface area contributed by atoms with E-state index in [4.69, 9.17) is 0 Å². The van der Waals surface area contributed by atoms with E-state index in [0.29, 0.717) is 38.0 Å². The molecule has 2 aliphatic rings. The van der Waals surface area contributed by atoms with E-state index >= 15 is 0 Å². The summed E-state index contributed by atoms with van der Waals surface area (Å²) >= 11 is 0. The van der Waals surface area contributed by atoms with Crippen molar-refractivity contribution in [3.05, 3.63) is 53.3 Å². The number of hydrogen-bond donors (Lipinski definition) is 2. The molecule has 2 N–H and O–H groups in total. The predicted molar refractivity (Wildman–Crippen MR) is 137 cm³/mol. The van der Waals surface area contributed by atoms with Crippen LogP contribution in [0.1, 0.15) is 72.6 Å². The molecule has 2 fully saturated rings. The molecular weight excluding hydrogens is 440 g/mol. The van der Waals surface area contributed by atoms with Gasteiger partial charge in [0.15, 0.2) is 0 Å². The lowest BCUT2D eigenvalue weighted by molar-refractivity contribution is -0.121. The van der Waals surface area contributed by atoms with Gasteiger partial charge in [0, 0.05) is 51.4 Å². The summed E-state index contributed by atoms with van der Waals surface area (Å²) in [5, 5.41) is 6.57. The van der Waals surface area contributed by atoms with E-state index in [9.17, 15) is 9.59 Å². The second kappa shape index (κ2) is 12.6. The van der Waals surface area contributed by atoms with Crippen molar-refractivity contribution in [2.45, 2.75) is 57.9 Å². The van der Waals surface area contributed by atoms with Gasteiger partial charge in [-0.25, -0.2) is 9.97 Å². The van der Waals surface area contributed by atoms with Crippen molar-refractivity contribution in [2.75, 3.05) is 44.2 Å². The highest BCUT2D eigenvalue weighted by Gasteiger charge is 2.22. The number of anilines is 1. The third kappa shape index (κ3) is 7.01. The molecule has 0 aliphatic carbocycles. The molecular formula is C27H38N6O2. The summed E-state index contributed by atoms with van der Waals surface area (Å²) in [5.41, 5.74) is 2.42. The van der Waals surface area contributed by atoms with E-state index in [2.05, 4.69) is 37.6 Å². The molecule has 2 aromatic rings. The van der Waals surface area contributed by atoms with Crippen LogP contribution in [-0.2, 0) is 4.79 Å². The highest BCUT2D eigenvalue weighted by atomic mass is 16.2. The number of nitrogens with zero attached hydrogens (tertiary/aromatic N) is 4. The van der Waals surface area contributed by atoms with Gasteiger partial charge in [-0.3, -0.25) is 9.59 Å². The Labute approximate surface area is 208 Å². The molecule has 8 heteroatoms. The molecule has 2 amide bonds. The maximum atomic E-state index is 13.4. The van der Waals surface area contributed by atoms with Crippen molar-refractivity contribution >= 4 is 17.8 Å². The van der Waals surface area contributed by atoms with Crippen LogP contribution in [-0.4, -0.2) is 66.0 Å². The predicted octanol–water partition coefficient (Wildman–Crippen LogP) is 3.24. The molecule has 1 aromatic heterocycles. The minimum atomic E-state index is -0.0241. The lowest BCUT2D eigenvalue weighted by Gasteiger charge is -2.27. The van der Waals surface area contributed by atoms with E-state index in [1.165, 1.54) is 6.42 Å². The van der Waals surface area contributed by atoms with Gasteiger partial charge in [0.25, 0.3) is 5.91 Å². The van der Waals surface area contributed by atoms with Crippen molar-refractivity contribution in [3.63, 3.8) is 0 Å². The Morgan fingerprint density at radius 2 is 1.69 bits per heavy atom. The van der Waals surface area contributed by atoms with E-state index in [-0.39, 0.29) is 17.9 Å². The zero-order valence-corrected chi connectivity index (χ0v) is 20.8. The minimum Gasteiger partial charge on any atom is -0.356 e. The summed E-state index contributed by atoms with van der Waals surface area (Å²) in [4.78, 5) is 39.3. The molecule has 8 nitrogen and oxygen atoms in total. The number of aryl methyl sites for hydroxylation is 1. The second-order valence-electron chi connectivity index (χ2n) is 9.54. The maximum absolute atomic E-state index is 13.4. The molecule has 0 spiro atoms. The minimum absolute atomic E-state index is 0.00657. The fourth-order valence-corrected chi connectivity index (χ4v) is 4.85. The number of carbonyl (C=O) groups excluding carboxylic acids is 2. The molecule has 4 rings (SSSR count). The van der Waals surface area contributed by atoms with Crippen molar-refractivity contribution < 1.29 is 9.59 Å². The number of carbonyl (C=O) groups is 2. The summed E-state index contributed by atoms with van der Waals surface area (Å²) in [6, 6.07) is 10.1. The zero-order valence-electron chi connectivity index (χ0n) is 20.8. The average Bonchev–Trinajstić information content (AvgIpc) is 2.91. The number of hydrogen-bond acceptors (Lipinski definition) is 6. The van der Waals surface area contributed by atoms with E-state index in [1.54, 1.807) is 6.20 Å². The summed E-state index contributed by atoms with van der Waals surface area (Å²) in [6.45, 7) is 6.47. The van der Waals surface area contributed by atoms with Gasteiger partial charge in [0.1, 0.15) is 0 Å². The van der Waals surface area contributed by atoms with E-state index in [0.717, 1.165) is 62.5 Å². The van der Waals surface area contributed by atoms with Crippen molar-refractivity contribution in [1.29, 1.82) is 0 Å². The van der Waals surface area contributed by atoms with Gasteiger partial charge in [-0.2, -0.15) is 0 Å². The van der Waals surface area contributed by atoms with E-state index < -0.39 is 0 Å². The first-order valence-electron chi connectivity index (χ1n) is 13.0. The monoisotopic (exact) mass is 478 g/mol. The molecule has 1 atom stereocenters. The van der Waals surface area contributed by atoms with Crippen molar-refractivity contribution in [2.24, 2.45) is 0 Å². The number of aromatic nitrogens is 2. The Hall–Kier alpha value is -3.00. The fourth-order valence-electron chi connectivity index (χ4n) is 4.85. The summed E-state index contributed by atoms with van der Waals surface area (Å²) in [5.74, 6) is 0.732. The molecule has 1 aromatic carbocycles. The van der Waals surface area contributed by atoms with Gasteiger partial charge in [0.2, 0.25) is 11.9 Å². The van der Waals surface area contributed by atoms with Crippen LogP contribution in [0.25, 0.3) is 0 Å². The van der Waals surface area contributed by atoms with Gasteiger partial charge >= 0.3 is 0 Å². The van der Waals surface area contributed by atoms with Crippen LogP contribution in [0.15, 0.2) is 36.5 Å². The number of rotatable bonds is 3. The Kier molecular flexibility index (Phi) is 9.06. The smallest absolute Gasteiger partial charge is 0.257 e. The molecule has 2 aliphatic heterocycles. The quantitative estimate of drug-likeness (QED) is 0.704. The highest BCUT2D eigenvalue weighted by Crippen LogP contribution is 2.19. The van der Waals surface area contributed by atoms with Gasteiger partial charge < -0.3 is 20.4 Å². The second-order valence-corrected chi connectivity index (χ2v) is 9.54. The van der Waals surface area contributed by atoms with Crippen LogP contribution in [0.4, 0.5) is 5.95 Å². The van der Waals surface area contributed by atoms with Gasteiger partial charge in [-0.15, -0.1) is 0 Å². The zero-order chi connectivity index (χ0) is 24.5. The SMILES string of the molecule is Cc1nc(N2CCCCC2)ncc1C(=O)N1CCCCNC(c2ccccc2)CC(=O)NCCC1. The summed E-state index contributed by atoms with van der Waals surface area (Å²) in [6.07, 6.45) is 8.22. The number of nitrogens with one attached hydrogen (secondary N) is 2. The number of amides is 2. The largest absolute Gasteiger partial charge is 0.356 e. The standard InChI is InChI=1S/C27H38N6O2/c1-21-23(20-30-27(31-21)33-16-7-3-8-17-33)26(35)32-15-9-6-13-28-24(22-11-4-2-5-12-22)19-25(34)29-14-10-18-32/h2,4-5,11-12,20,24,28H,3,6-10,13-19H2,1H3,(H,29,34). The third-order valence-electron chi connectivity index (χ3n) is 6.89.